The first kappa shape index (κ1) is 14.3. The highest BCUT2D eigenvalue weighted by Gasteiger charge is 2.09. The zero-order valence-electron chi connectivity index (χ0n) is 12.7. The molecule has 22 heavy (non-hydrogen) atoms. The maximum atomic E-state index is 5.87. The van der Waals surface area contributed by atoms with Crippen molar-refractivity contribution in [3.05, 3.63) is 71.5 Å². The number of ether oxygens (including phenoxy) is 3. The van der Waals surface area contributed by atoms with E-state index in [1.807, 2.05) is 48.6 Å². The highest BCUT2D eigenvalue weighted by atomic mass is 16.5. The van der Waals surface area contributed by atoms with Crippen LogP contribution in [-0.2, 0) is 6.42 Å². The molecule has 3 rings (SSSR count). The van der Waals surface area contributed by atoms with Gasteiger partial charge in [0.25, 0.3) is 0 Å². The second-order valence-corrected chi connectivity index (χ2v) is 4.97. The molecule has 1 heterocycles. The zero-order valence-corrected chi connectivity index (χ0v) is 12.7. The van der Waals surface area contributed by atoms with Gasteiger partial charge >= 0.3 is 0 Å². The van der Waals surface area contributed by atoms with Crippen LogP contribution in [0.5, 0.6) is 17.2 Å². The summed E-state index contributed by atoms with van der Waals surface area (Å²) in [5.74, 6) is 3.22. The SMILES string of the molecule is COc1ccc(C=CC2=CCc3ccccc3O2)cc1OC. The minimum Gasteiger partial charge on any atom is -0.493 e. The normalized spacial score (nSPS) is 13.3. The summed E-state index contributed by atoms with van der Waals surface area (Å²) in [4.78, 5) is 0. The number of hydrogen-bond donors (Lipinski definition) is 0. The van der Waals surface area contributed by atoms with E-state index in [9.17, 15) is 0 Å². The van der Waals surface area contributed by atoms with Gasteiger partial charge in [-0.25, -0.2) is 0 Å². The first-order valence-electron chi connectivity index (χ1n) is 7.16. The van der Waals surface area contributed by atoms with Crippen molar-refractivity contribution in [3.8, 4) is 17.2 Å². The fourth-order valence-corrected chi connectivity index (χ4v) is 2.39. The van der Waals surface area contributed by atoms with Crippen molar-refractivity contribution >= 4 is 6.08 Å². The lowest BCUT2D eigenvalue weighted by atomic mass is 10.1. The van der Waals surface area contributed by atoms with E-state index >= 15 is 0 Å². The van der Waals surface area contributed by atoms with E-state index in [1.165, 1.54) is 5.56 Å². The molecule has 0 aliphatic carbocycles. The van der Waals surface area contributed by atoms with Gasteiger partial charge in [0.1, 0.15) is 11.5 Å². The van der Waals surface area contributed by atoms with E-state index in [0.717, 1.165) is 29.2 Å². The molecule has 2 aromatic carbocycles. The fraction of sp³-hybridized carbons (Fsp3) is 0.158. The maximum absolute atomic E-state index is 5.87. The molecule has 2 aromatic rings. The molecule has 3 nitrogen and oxygen atoms in total. The van der Waals surface area contributed by atoms with Crippen LogP contribution in [0.2, 0.25) is 0 Å². The molecule has 1 aliphatic rings. The number of rotatable bonds is 4. The number of benzene rings is 2. The van der Waals surface area contributed by atoms with Gasteiger partial charge in [0.15, 0.2) is 11.5 Å². The van der Waals surface area contributed by atoms with Gasteiger partial charge in [0.2, 0.25) is 0 Å². The third-order valence-electron chi connectivity index (χ3n) is 3.57. The molecule has 112 valence electrons. The minimum absolute atomic E-state index is 0.716. The van der Waals surface area contributed by atoms with E-state index in [0.29, 0.717) is 5.75 Å². The van der Waals surface area contributed by atoms with Crippen LogP contribution in [0.25, 0.3) is 6.08 Å². The number of allylic oxidation sites excluding steroid dienone is 2. The Labute approximate surface area is 130 Å². The topological polar surface area (TPSA) is 27.7 Å². The van der Waals surface area contributed by atoms with Gasteiger partial charge in [0, 0.05) is 0 Å². The monoisotopic (exact) mass is 294 g/mol. The van der Waals surface area contributed by atoms with Crippen molar-refractivity contribution in [2.24, 2.45) is 0 Å². The molecule has 0 saturated heterocycles. The third-order valence-corrected chi connectivity index (χ3v) is 3.57. The van der Waals surface area contributed by atoms with E-state index in [4.69, 9.17) is 14.2 Å². The van der Waals surface area contributed by atoms with Gasteiger partial charge in [-0.3, -0.25) is 0 Å². The first-order chi connectivity index (χ1) is 10.8. The van der Waals surface area contributed by atoms with E-state index in [2.05, 4.69) is 12.1 Å². The average Bonchev–Trinajstić information content (AvgIpc) is 2.59. The van der Waals surface area contributed by atoms with E-state index in [-0.39, 0.29) is 0 Å². The van der Waals surface area contributed by atoms with Gasteiger partial charge in [-0.2, -0.15) is 0 Å². The average molecular weight is 294 g/mol. The second-order valence-electron chi connectivity index (χ2n) is 4.97. The van der Waals surface area contributed by atoms with Crippen molar-refractivity contribution in [3.63, 3.8) is 0 Å². The van der Waals surface area contributed by atoms with Crippen LogP contribution in [-0.4, -0.2) is 14.2 Å². The van der Waals surface area contributed by atoms with E-state index in [1.54, 1.807) is 14.2 Å². The minimum atomic E-state index is 0.716. The van der Waals surface area contributed by atoms with Crippen LogP contribution < -0.4 is 14.2 Å². The van der Waals surface area contributed by atoms with Gasteiger partial charge in [-0.1, -0.05) is 30.3 Å². The lowest BCUT2D eigenvalue weighted by Gasteiger charge is -2.15. The van der Waals surface area contributed by atoms with Gasteiger partial charge < -0.3 is 14.2 Å². The molecule has 0 unspecified atom stereocenters. The van der Waals surface area contributed by atoms with Crippen LogP contribution in [0.1, 0.15) is 11.1 Å². The van der Waals surface area contributed by atoms with Crippen LogP contribution in [0, 0.1) is 0 Å². The standard InChI is InChI=1S/C19H18O3/c1-20-18-12-8-14(13-19(18)21-2)7-10-16-11-9-15-5-3-4-6-17(15)22-16/h3-8,10-13H,9H2,1-2H3. The Hall–Kier alpha value is -2.68. The predicted octanol–water partition coefficient (Wildman–Crippen LogP) is 4.24. The molecule has 1 aliphatic heterocycles. The van der Waals surface area contributed by atoms with Crippen molar-refractivity contribution in [2.45, 2.75) is 6.42 Å². The van der Waals surface area contributed by atoms with Crippen molar-refractivity contribution in [2.75, 3.05) is 14.2 Å². The summed E-state index contributed by atoms with van der Waals surface area (Å²) < 4.78 is 16.4. The van der Waals surface area contributed by atoms with Crippen LogP contribution in [0.15, 0.2) is 60.4 Å². The van der Waals surface area contributed by atoms with Crippen molar-refractivity contribution in [1.82, 2.24) is 0 Å². The molecule has 0 spiro atoms. The Balaban J connectivity index is 1.77. The van der Waals surface area contributed by atoms with Crippen LogP contribution >= 0.6 is 0 Å². The molecule has 0 bridgehead atoms. The summed E-state index contributed by atoms with van der Waals surface area (Å²) in [6, 6.07) is 13.9. The molecule has 0 fully saturated rings. The van der Waals surface area contributed by atoms with Crippen LogP contribution in [0.3, 0.4) is 0 Å². The first-order valence-corrected chi connectivity index (χ1v) is 7.16. The highest BCUT2D eigenvalue weighted by Crippen LogP contribution is 2.29. The van der Waals surface area contributed by atoms with Gasteiger partial charge in [-0.15, -0.1) is 0 Å². The molecule has 0 amide bonds. The number of fused-ring (bicyclic) bond motifs is 1. The third kappa shape index (κ3) is 2.98. The second kappa shape index (κ2) is 6.39. The van der Waals surface area contributed by atoms with Gasteiger partial charge in [-0.05, 0) is 47.9 Å². The summed E-state index contributed by atoms with van der Waals surface area (Å²) in [7, 11) is 3.26. The summed E-state index contributed by atoms with van der Waals surface area (Å²) in [5, 5.41) is 0. The molecule has 0 radical (unpaired) electrons. The summed E-state index contributed by atoms with van der Waals surface area (Å²) in [5.41, 5.74) is 2.24. The Morgan fingerprint density at radius 3 is 2.59 bits per heavy atom. The van der Waals surface area contributed by atoms with Crippen molar-refractivity contribution in [1.29, 1.82) is 0 Å². The quantitative estimate of drug-likeness (QED) is 0.844. The lowest BCUT2D eigenvalue weighted by Crippen LogP contribution is -2.02. The van der Waals surface area contributed by atoms with Crippen LogP contribution in [0.4, 0.5) is 0 Å². The molecule has 3 heteroatoms. The number of para-hydroxylation sites is 1. The van der Waals surface area contributed by atoms with Gasteiger partial charge in [0.05, 0.1) is 14.2 Å². The summed E-state index contributed by atoms with van der Waals surface area (Å²) in [6.45, 7) is 0. The molecular weight excluding hydrogens is 276 g/mol. The Morgan fingerprint density at radius 2 is 1.77 bits per heavy atom. The summed E-state index contributed by atoms with van der Waals surface area (Å²) >= 11 is 0. The predicted molar refractivity (Wildman–Crippen MR) is 87.4 cm³/mol. The molecule has 0 aromatic heterocycles. The maximum Gasteiger partial charge on any atom is 0.161 e. The molecular formula is C19H18O3. The Bertz CT molecular complexity index is 729. The molecule has 0 N–H and O–H groups in total. The molecule has 0 atom stereocenters. The lowest BCUT2D eigenvalue weighted by molar-refractivity contribution is 0.355. The van der Waals surface area contributed by atoms with Crippen molar-refractivity contribution < 1.29 is 14.2 Å². The zero-order chi connectivity index (χ0) is 15.4. The summed E-state index contributed by atoms with van der Waals surface area (Å²) in [6.07, 6.45) is 6.94. The number of methoxy groups -OCH3 is 2. The largest absolute Gasteiger partial charge is 0.493 e. The Morgan fingerprint density at radius 1 is 0.955 bits per heavy atom. The van der Waals surface area contributed by atoms with E-state index < -0.39 is 0 Å². The fourth-order valence-electron chi connectivity index (χ4n) is 2.39. The highest BCUT2D eigenvalue weighted by molar-refractivity contribution is 5.58. The molecule has 0 saturated carbocycles. The Kier molecular flexibility index (Phi) is 4.15. The number of hydrogen-bond acceptors (Lipinski definition) is 3. The smallest absolute Gasteiger partial charge is 0.161 e.